The molecule has 7 nitrogen and oxygen atoms in total. The van der Waals surface area contributed by atoms with Gasteiger partial charge in [-0.25, -0.2) is 9.59 Å². The first-order chi connectivity index (χ1) is 12.2. The van der Waals surface area contributed by atoms with E-state index in [1.54, 1.807) is 4.90 Å². The predicted molar refractivity (Wildman–Crippen MR) is 99.7 cm³/mol. The van der Waals surface area contributed by atoms with E-state index in [9.17, 15) is 9.59 Å². The Hall–Kier alpha value is -2.28. The summed E-state index contributed by atoms with van der Waals surface area (Å²) < 4.78 is 5.38. The Morgan fingerprint density at radius 2 is 2.00 bits per heavy atom. The number of nitrogens with zero attached hydrogens (tertiary/aromatic N) is 1. The fourth-order valence-corrected chi connectivity index (χ4v) is 3.69. The maximum absolute atomic E-state index is 12.1. The maximum Gasteiger partial charge on any atom is 0.410 e. The van der Waals surface area contributed by atoms with Gasteiger partial charge < -0.3 is 26.0 Å². The van der Waals surface area contributed by atoms with Gasteiger partial charge in [0.25, 0.3) is 0 Å². The summed E-state index contributed by atoms with van der Waals surface area (Å²) in [5, 5.41) is 5.83. The second kappa shape index (κ2) is 6.79. The van der Waals surface area contributed by atoms with Crippen molar-refractivity contribution in [3.63, 3.8) is 0 Å². The van der Waals surface area contributed by atoms with Gasteiger partial charge in [-0.2, -0.15) is 0 Å². The van der Waals surface area contributed by atoms with Gasteiger partial charge in [-0.3, -0.25) is 0 Å². The van der Waals surface area contributed by atoms with Crippen LogP contribution < -0.4 is 16.4 Å². The average molecular weight is 360 g/mol. The number of hydrogen-bond donors (Lipinski definition) is 3. The highest BCUT2D eigenvalue weighted by atomic mass is 16.6. The standard InChI is InChI=1S/C19H28N4O3/c1-18(2,3)26-17(25)23-11-19(12-23)8-15(9-19)22-16(24)21-14-6-4-5-13(7-14)10-20/h4-7,15H,8-12,20H2,1-3H3,(H2,21,22,24). The molecule has 1 heterocycles. The SMILES string of the molecule is CC(C)(C)OC(=O)N1CC2(CC(NC(=O)Nc3cccc(CN)c3)C2)C1. The molecule has 2 fully saturated rings. The van der Waals surface area contributed by atoms with Crippen molar-refractivity contribution in [1.29, 1.82) is 0 Å². The number of carbonyl (C=O) groups excluding carboxylic acids is 2. The van der Waals surface area contributed by atoms with Crippen LogP contribution in [-0.2, 0) is 11.3 Å². The lowest BCUT2D eigenvalue weighted by molar-refractivity contribution is -0.0806. The number of nitrogens with one attached hydrogen (secondary N) is 2. The summed E-state index contributed by atoms with van der Waals surface area (Å²) in [4.78, 5) is 25.9. The van der Waals surface area contributed by atoms with Crippen LogP contribution in [0.4, 0.5) is 15.3 Å². The van der Waals surface area contributed by atoms with Gasteiger partial charge >= 0.3 is 12.1 Å². The molecule has 2 aliphatic rings. The van der Waals surface area contributed by atoms with E-state index in [-0.39, 0.29) is 23.6 Å². The molecule has 1 aliphatic carbocycles. The van der Waals surface area contributed by atoms with Gasteiger partial charge in [0.15, 0.2) is 0 Å². The van der Waals surface area contributed by atoms with Crippen molar-refractivity contribution in [2.45, 2.75) is 51.8 Å². The highest BCUT2D eigenvalue weighted by molar-refractivity contribution is 5.89. The Labute approximate surface area is 154 Å². The number of benzene rings is 1. The van der Waals surface area contributed by atoms with Crippen LogP contribution in [0.25, 0.3) is 0 Å². The van der Waals surface area contributed by atoms with Crippen molar-refractivity contribution in [3.8, 4) is 0 Å². The van der Waals surface area contributed by atoms with E-state index in [2.05, 4.69) is 10.6 Å². The molecule has 0 atom stereocenters. The first kappa shape index (κ1) is 18.5. The topological polar surface area (TPSA) is 96.7 Å². The van der Waals surface area contributed by atoms with Gasteiger partial charge in [0, 0.05) is 36.8 Å². The van der Waals surface area contributed by atoms with Crippen LogP contribution in [0.2, 0.25) is 0 Å². The number of anilines is 1. The van der Waals surface area contributed by atoms with Crippen molar-refractivity contribution < 1.29 is 14.3 Å². The Kier molecular flexibility index (Phi) is 4.84. The largest absolute Gasteiger partial charge is 0.444 e. The Morgan fingerprint density at radius 1 is 1.31 bits per heavy atom. The second-order valence-electron chi connectivity index (χ2n) is 8.44. The lowest BCUT2D eigenvalue weighted by Crippen LogP contribution is -2.68. The molecule has 1 aliphatic heterocycles. The second-order valence-corrected chi connectivity index (χ2v) is 8.44. The molecule has 1 aromatic rings. The van der Waals surface area contributed by atoms with Crippen LogP contribution in [0.3, 0.4) is 0 Å². The summed E-state index contributed by atoms with van der Waals surface area (Å²) in [6, 6.07) is 7.44. The van der Waals surface area contributed by atoms with Crippen LogP contribution in [0, 0.1) is 5.41 Å². The molecule has 4 N–H and O–H groups in total. The lowest BCUT2D eigenvalue weighted by atomic mass is 9.61. The molecule has 1 saturated carbocycles. The van der Waals surface area contributed by atoms with Crippen LogP contribution >= 0.6 is 0 Å². The third kappa shape index (κ3) is 4.27. The number of hydrogen-bond acceptors (Lipinski definition) is 4. The fraction of sp³-hybridized carbons (Fsp3) is 0.579. The van der Waals surface area contributed by atoms with E-state index in [1.807, 2.05) is 45.0 Å². The quantitative estimate of drug-likeness (QED) is 0.772. The molecular weight excluding hydrogens is 332 g/mol. The predicted octanol–water partition coefficient (Wildman–Crippen LogP) is 2.67. The number of ether oxygens (including phenoxy) is 1. The number of amides is 3. The van der Waals surface area contributed by atoms with Crippen LogP contribution in [0.15, 0.2) is 24.3 Å². The minimum Gasteiger partial charge on any atom is -0.444 e. The van der Waals surface area contributed by atoms with E-state index in [4.69, 9.17) is 10.5 Å². The zero-order chi connectivity index (χ0) is 18.9. The normalized spacial score (nSPS) is 18.7. The van der Waals surface area contributed by atoms with Gasteiger partial charge in [-0.1, -0.05) is 12.1 Å². The smallest absolute Gasteiger partial charge is 0.410 e. The van der Waals surface area contributed by atoms with E-state index >= 15 is 0 Å². The molecule has 1 saturated heterocycles. The number of urea groups is 1. The number of carbonyl (C=O) groups is 2. The van der Waals surface area contributed by atoms with Gasteiger partial charge in [0.2, 0.25) is 0 Å². The van der Waals surface area contributed by atoms with Gasteiger partial charge in [0.1, 0.15) is 5.60 Å². The van der Waals surface area contributed by atoms with Crippen molar-refractivity contribution >= 4 is 17.8 Å². The summed E-state index contributed by atoms with van der Waals surface area (Å²) in [7, 11) is 0. The minimum absolute atomic E-state index is 0.147. The van der Waals surface area contributed by atoms with Crippen molar-refractivity contribution in [2.24, 2.45) is 11.1 Å². The Morgan fingerprint density at radius 3 is 2.62 bits per heavy atom. The fourth-order valence-electron chi connectivity index (χ4n) is 3.69. The molecule has 0 radical (unpaired) electrons. The number of likely N-dealkylation sites (tertiary alicyclic amines) is 1. The van der Waals surface area contributed by atoms with Gasteiger partial charge in [-0.05, 0) is 51.3 Å². The van der Waals surface area contributed by atoms with E-state index < -0.39 is 5.60 Å². The molecule has 1 spiro atoms. The molecule has 26 heavy (non-hydrogen) atoms. The maximum atomic E-state index is 12.1. The highest BCUT2D eigenvalue weighted by Gasteiger charge is 2.54. The summed E-state index contributed by atoms with van der Waals surface area (Å²) in [6.45, 7) is 7.46. The first-order valence-electron chi connectivity index (χ1n) is 9.03. The van der Waals surface area contributed by atoms with Crippen molar-refractivity contribution in [3.05, 3.63) is 29.8 Å². The van der Waals surface area contributed by atoms with Crippen molar-refractivity contribution in [1.82, 2.24) is 10.2 Å². The molecule has 0 aromatic heterocycles. The summed E-state index contributed by atoms with van der Waals surface area (Å²) in [5.74, 6) is 0. The average Bonchev–Trinajstić information content (AvgIpc) is 2.46. The van der Waals surface area contributed by atoms with E-state index in [0.717, 1.165) is 24.1 Å². The van der Waals surface area contributed by atoms with Gasteiger partial charge in [0.05, 0.1) is 0 Å². The molecule has 0 unspecified atom stereocenters. The molecule has 1 aromatic carbocycles. The Balaban J connectivity index is 1.39. The highest BCUT2D eigenvalue weighted by Crippen LogP contribution is 2.48. The summed E-state index contributed by atoms with van der Waals surface area (Å²) in [5.41, 5.74) is 7.00. The number of nitrogens with two attached hydrogens (primary N) is 1. The molecule has 7 heteroatoms. The van der Waals surface area contributed by atoms with Gasteiger partial charge in [-0.15, -0.1) is 0 Å². The third-order valence-corrected chi connectivity index (χ3v) is 4.82. The molecule has 3 rings (SSSR count). The lowest BCUT2D eigenvalue weighted by Gasteiger charge is -2.58. The van der Waals surface area contributed by atoms with Crippen LogP contribution in [0.5, 0.6) is 0 Å². The van der Waals surface area contributed by atoms with Crippen molar-refractivity contribution in [2.75, 3.05) is 18.4 Å². The summed E-state index contributed by atoms with van der Waals surface area (Å²) >= 11 is 0. The van der Waals surface area contributed by atoms with E-state index in [0.29, 0.717) is 19.6 Å². The molecule has 0 bridgehead atoms. The monoisotopic (exact) mass is 360 g/mol. The Bertz CT molecular complexity index is 684. The van der Waals surface area contributed by atoms with Crippen LogP contribution in [0.1, 0.15) is 39.2 Å². The first-order valence-corrected chi connectivity index (χ1v) is 9.03. The molecule has 142 valence electrons. The molecular formula is C19H28N4O3. The van der Waals surface area contributed by atoms with Crippen LogP contribution in [-0.4, -0.2) is 41.8 Å². The zero-order valence-corrected chi connectivity index (χ0v) is 15.7. The zero-order valence-electron chi connectivity index (χ0n) is 15.7. The summed E-state index contributed by atoms with van der Waals surface area (Å²) in [6.07, 6.45) is 1.53. The number of rotatable bonds is 3. The minimum atomic E-state index is -0.469. The third-order valence-electron chi connectivity index (χ3n) is 4.82. The van der Waals surface area contributed by atoms with E-state index in [1.165, 1.54) is 0 Å². The molecule has 3 amide bonds.